The van der Waals surface area contributed by atoms with E-state index in [2.05, 4.69) is 19.0 Å². The SMILES string of the molecule is CC(C)c1ccc2c(c1)CC(=NO)C2=O. The minimum Gasteiger partial charge on any atom is -0.411 e. The molecule has 0 spiro atoms. The van der Waals surface area contributed by atoms with Gasteiger partial charge in [0.15, 0.2) is 0 Å². The van der Waals surface area contributed by atoms with Gasteiger partial charge in [-0.1, -0.05) is 37.2 Å². The molecule has 0 aliphatic heterocycles. The molecule has 0 unspecified atom stereocenters. The molecule has 78 valence electrons. The summed E-state index contributed by atoms with van der Waals surface area (Å²) in [4.78, 5) is 11.6. The number of benzene rings is 1. The van der Waals surface area contributed by atoms with Gasteiger partial charge in [-0.05, 0) is 17.0 Å². The van der Waals surface area contributed by atoms with E-state index in [-0.39, 0.29) is 11.5 Å². The second kappa shape index (κ2) is 3.50. The summed E-state index contributed by atoms with van der Waals surface area (Å²) >= 11 is 0. The molecule has 2 rings (SSSR count). The monoisotopic (exact) mass is 203 g/mol. The van der Waals surface area contributed by atoms with Gasteiger partial charge in [0.05, 0.1) is 0 Å². The Kier molecular flexibility index (Phi) is 2.31. The zero-order chi connectivity index (χ0) is 11.0. The normalized spacial score (nSPS) is 17.5. The number of nitrogens with zero attached hydrogens (tertiary/aromatic N) is 1. The first-order chi connectivity index (χ1) is 7.13. The van der Waals surface area contributed by atoms with E-state index in [0.717, 1.165) is 5.56 Å². The van der Waals surface area contributed by atoms with Crippen LogP contribution in [0.3, 0.4) is 0 Å². The van der Waals surface area contributed by atoms with Crippen LogP contribution in [-0.2, 0) is 6.42 Å². The van der Waals surface area contributed by atoms with Crippen molar-refractivity contribution in [1.82, 2.24) is 0 Å². The fraction of sp³-hybridized carbons (Fsp3) is 0.333. The molecule has 1 aliphatic rings. The number of oxime groups is 1. The van der Waals surface area contributed by atoms with E-state index in [1.165, 1.54) is 5.56 Å². The third-order valence-electron chi connectivity index (χ3n) is 2.78. The third kappa shape index (κ3) is 1.54. The van der Waals surface area contributed by atoms with Crippen LogP contribution in [0.4, 0.5) is 0 Å². The standard InChI is InChI=1S/C12H13NO2/c1-7(2)8-3-4-10-9(5-8)6-11(13-15)12(10)14/h3-5,7,15H,6H2,1-2H3. The Labute approximate surface area is 88.4 Å². The average Bonchev–Trinajstić information content (AvgIpc) is 2.55. The summed E-state index contributed by atoms with van der Waals surface area (Å²) in [6, 6.07) is 5.81. The molecule has 0 fully saturated rings. The maximum absolute atomic E-state index is 11.6. The van der Waals surface area contributed by atoms with Gasteiger partial charge in [0.2, 0.25) is 5.78 Å². The van der Waals surface area contributed by atoms with E-state index in [9.17, 15) is 4.79 Å². The third-order valence-corrected chi connectivity index (χ3v) is 2.78. The maximum Gasteiger partial charge on any atom is 0.211 e. The van der Waals surface area contributed by atoms with Gasteiger partial charge in [0.1, 0.15) is 5.71 Å². The molecule has 0 heterocycles. The molecule has 0 radical (unpaired) electrons. The average molecular weight is 203 g/mol. The number of hydrogen-bond acceptors (Lipinski definition) is 3. The lowest BCUT2D eigenvalue weighted by molar-refractivity contribution is 0.106. The number of Topliss-reactive ketones (excluding diaryl/α,β-unsaturated/α-hetero) is 1. The van der Waals surface area contributed by atoms with Gasteiger partial charge in [0, 0.05) is 12.0 Å². The molecular weight excluding hydrogens is 190 g/mol. The number of carbonyl (C=O) groups excluding carboxylic acids is 1. The van der Waals surface area contributed by atoms with Crippen molar-refractivity contribution in [2.24, 2.45) is 5.16 Å². The summed E-state index contributed by atoms with van der Waals surface area (Å²) in [5.74, 6) is 0.295. The predicted molar refractivity (Wildman–Crippen MR) is 57.8 cm³/mol. The zero-order valence-electron chi connectivity index (χ0n) is 8.82. The first kappa shape index (κ1) is 9.90. The number of hydrogen-bond donors (Lipinski definition) is 1. The molecule has 0 amide bonds. The van der Waals surface area contributed by atoms with Gasteiger partial charge in [-0.2, -0.15) is 0 Å². The van der Waals surface area contributed by atoms with Crippen LogP contribution in [-0.4, -0.2) is 16.7 Å². The molecule has 1 N–H and O–H groups in total. The fourth-order valence-electron chi connectivity index (χ4n) is 1.84. The summed E-state index contributed by atoms with van der Waals surface area (Å²) in [6.45, 7) is 4.22. The topological polar surface area (TPSA) is 49.7 Å². The van der Waals surface area contributed by atoms with Crippen molar-refractivity contribution in [3.63, 3.8) is 0 Å². The van der Waals surface area contributed by atoms with Crippen molar-refractivity contribution in [3.05, 3.63) is 34.9 Å². The summed E-state index contributed by atoms with van der Waals surface area (Å²) in [6.07, 6.45) is 0.450. The largest absolute Gasteiger partial charge is 0.411 e. The number of fused-ring (bicyclic) bond motifs is 1. The quantitative estimate of drug-likeness (QED) is 0.562. The van der Waals surface area contributed by atoms with Crippen LogP contribution >= 0.6 is 0 Å². The van der Waals surface area contributed by atoms with Crippen LogP contribution in [0.2, 0.25) is 0 Å². The second-order valence-corrected chi connectivity index (χ2v) is 4.12. The van der Waals surface area contributed by atoms with Gasteiger partial charge in [-0.3, -0.25) is 4.79 Å². The molecule has 3 nitrogen and oxygen atoms in total. The summed E-state index contributed by atoms with van der Waals surface area (Å²) < 4.78 is 0. The van der Waals surface area contributed by atoms with Crippen LogP contribution in [0.5, 0.6) is 0 Å². The molecule has 0 atom stereocenters. The molecule has 0 aromatic heterocycles. The highest BCUT2D eigenvalue weighted by molar-refractivity contribution is 6.49. The van der Waals surface area contributed by atoms with Gasteiger partial charge >= 0.3 is 0 Å². The lowest BCUT2D eigenvalue weighted by atomic mass is 9.98. The molecule has 15 heavy (non-hydrogen) atoms. The fourth-order valence-corrected chi connectivity index (χ4v) is 1.84. The minimum atomic E-state index is -0.150. The Morgan fingerprint density at radius 1 is 1.40 bits per heavy atom. The van der Waals surface area contributed by atoms with Crippen molar-refractivity contribution in [2.45, 2.75) is 26.2 Å². The molecule has 0 bridgehead atoms. The van der Waals surface area contributed by atoms with E-state index >= 15 is 0 Å². The Hall–Kier alpha value is -1.64. The predicted octanol–water partition coefficient (Wildman–Crippen LogP) is 2.38. The van der Waals surface area contributed by atoms with Gasteiger partial charge in [-0.25, -0.2) is 0 Å². The number of ketones is 1. The van der Waals surface area contributed by atoms with Crippen LogP contribution < -0.4 is 0 Å². The van der Waals surface area contributed by atoms with Gasteiger partial charge < -0.3 is 5.21 Å². The van der Waals surface area contributed by atoms with Crippen molar-refractivity contribution in [3.8, 4) is 0 Å². The van der Waals surface area contributed by atoms with Crippen LogP contribution in [0.25, 0.3) is 0 Å². The highest BCUT2D eigenvalue weighted by Gasteiger charge is 2.27. The van der Waals surface area contributed by atoms with Crippen molar-refractivity contribution in [2.75, 3.05) is 0 Å². The summed E-state index contributed by atoms with van der Waals surface area (Å²) in [7, 11) is 0. The van der Waals surface area contributed by atoms with Gasteiger partial charge in [0.25, 0.3) is 0 Å². The Morgan fingerprint density at radius 3 is 2.73 bits per heavy atom. The lowest BCUT2D eigenvalue weighted by Gasteiger charge is -2.06. The molecular formula is C12H13NO2. The van der Waals surface area contributed by atoms with E-state index in [0.29, 0.717) is 17.9 Å². The Morgan fingerprint density at radius 2 is 2.13 bits per heavy atom. The first-order valence-electron chi connectivity index (χ1n) is 5.02. The van der Waals surface area contributed by atoms with E-state index in [1.54, 1.807) is 0 Å². The lowest BCUT2D eigenvalue weighted by Crippen LogP contribution is -2.06. The summed E-state index contributed by atoms with van der Waals surface area (Å²) in [5, 5.41) is 11.7. The molecule has 0 saturated carbocycles. The second-order valence-electron chi connectivity index (χ2n) is 4.12. The molecule has 1 aromatic carbocycles. The van der Waals surface area contributed by atoms with Crippen molar-refractivity contribution in [1.29, 1.82) is 0 Å². The van der Waals surface area contributed by atoms with E-state index in [1.807, 2.05) is 18.2 Å². The van der Waals surface area contributed by atoms with Gasteiger partial charge in [-0.15, -0.1) is 0 Å². The smallest absolute Gasteiger partial charge is 0.211 e. The van der Waals surface area contributed by atoms with Crippen molar-refractivity contribution < 1.29 is 10.0 Å². The zero-order valence-corrected chi connectivity index (χ0v) is 8.82. The van der Waals surface area contributed by atoms with Crippen LogP contribution in [0.1, 0.15) is 41.3 Å². The highest BCUT2D eigenvalue weighted by Crippen LogP contribution is 2.24. The highest BCUT2D eigenvalue weighted by atomic mass is 16.4. The number of rotatable bonds is 1. The maximum atomic E-state index is 11.6. The Bertz CT molecular complexity index is 447. The van der Waals surface area contributed by atoms with E-state index in [4.69, 9.17) is 5.21 Å². The van der Waals surface area contributed by atoms with Crippen LogP contribution in [0, 0.1) is 0 Å². The Balaban J connectivity index is 2.47. The first-order valence-corrected chi connectivity index (χ1v) is 5.02. The van der Waals surface area contributed by atoms with E-state index < -0.39 is 0 Å². The summed E-state index contributed by atoms with van der Waals surface area (Å²) in [5.41, 5.74) is 3.10. The van der Waals surface area contributed by atoms with Crippen LogP contribution in [0.15, 0.2) is 23.4 Å². The molecule has 3 heteroatoms. The number of carbonyl (C=O) groups is 1. The minimum absolute atomic E-state index is 0.150. The molecule has 0 saturated heterocycles. The van der Waals surface area contributed by atoms with Crippen molar-refractivity contribution >= 4 is 11.5 Å². The molecule has 1 aromatic rings. The molecule has 1 aliphatic carbocycles.